The Balaban J connectivity index is 0.000000160. The van der Waals surface area contributed by atoms with Crippen LogP contribution in [0, 0.1) is 0 Å². The molecule has 0 aliphatic carbocycles. The van der Waals surface area contributed by atoms with Gasteiger partial charge in [-0.15, -0.1) is 0 Å². The molecule has 0 aliphatic rings. The largest absolute Gasteiger partial charge is 0.337 e. The van der Waals surface area contributed by atoms with Crippen molar-refractivity contribution < 1.29 is 0 Å². The number of halogens is 2. The molecule has 6 heteroatoms. The summed E-state index contributed by atoms with van der Waals surface area (Å²) in [6.45, 7) is 6.11. The Morgan fingerprint density at radius 1 is 1.19 bits per heavy atom. The summed E-state index contributed by atoms with van der Waals surface area (Å²) in [6.07, 6.45) is 7.32. The molecule has 16 heavy (non-hydrogen) atoms. The lowest BCUT2D eigenvalue weighted by molar-refractivity contribution is 0.746. The lowest BCUT2D eigenvalue weighted by atomic mass is 10.7. The third-order valence-corrected chi connectivity index (χ3v) is 3.04. The molecule has 2 aromatic rings. The predicted molar refractivity (Wildman–Crippen MR) is 71.2 cm³/mol. The summed E-state index contributed by atoms with van der Waals surface area (Å²) in [6, 6.07) is 0. The molecule has 88 valence electrons. The minimum absolute atomic E-state index is 0.902. The smallest absolute Gasteiger partial charge is 0.124 e. The molecule has 0 N–H and O–H groups in total. The highest BCUT2D eigenvalue weighted by molar-refractivity contribution is 9.10. The van der Waals surface area contributed by atoms with Crippen molar-refractivity contribution in [2.75, 3.05) is 0 Å². The topological polar surface area (TPSA) is 35.6 Å². The zero-order chi connectivity index (χ0) is 12.0. The summed E-state index contributed by atoms with van der Waals surface area (Å²) in [4.78, 5) is 7.88. The Labute approximate surface area is 112 Å². The van der Waals surface area contributed by atoms with Gasteiger partial charge in [-0.05, 0) is 45.7 Å². The van der Waals surface area contributed by atoms with E-state index in [2.05, 4.69) is 55.7 Å². The van der Waals surface area contributed by atoms with Crippen LogP contribution < -0.4 is 0 Å². The highest BCUT2D eigenvalue weighted by atomic mass is 79.9. The van der Waals surface area contributed by atoms with Gasteiger partial charge in [-0.3, -0.25) is 0 Å². The van der Waals surface area contributed by atoms with Crippen LogP contribution in [0.15, 0.2) is 34.3 Å². The van der Waals surface area contributed by atoms with Crippen molar-refractivity contribution in [2.45, 2.75) is 26.9 Å². The fourth-order valence-electron chi connectivity index (χ4n) is 1.04. The van der Waals surface area contributed by atoms with Crippen molar-refractivity contribution >= 4 is 31.9 Å². The monoisotopic (exact) mass is 348 g/mol. The maximum atomic E-state index is 3.97. The highest BCUT2D eigenvalue weighted by Gasteiger charge is 1.90. The molecular formula is C10H14Br2N4. The summed E-state index contributed by atoms with van der Waals surface area (Å²) in [5.74, 6) is 0. The van der Waals surface area contributed by atoms with E-state index in [0.29, 0.717) is 0 Å². The third-order valence-electron chi connectivity index (χ3n) is 1.97. The average Bonchev–Trinajstić information content (AvgIpc) is 2.87. The maximum absolute atomic E-state index is 3.97. The molecule has 0 amide bonds. The van der Waals surface area contributed by atoms with Crippen LogP contribution in [0.5, 0.6) is 0 Å². The van der Waals surface area contributed by atoms with Crippen LogP contribution in [0.4, 0.5) is 0 Å². The minimum atomic E-state index is 0.902. The standard InChI is InChI=1S/2C5H7BrN2/c1-2-8-3-5(6)7-4-8;1-2-8-4-7-3-5(8)6/h2*3-4H,2H2,1H3. The third kappa shape index (κ3) is 4.09. The highest BCUT2D eigenvalue weighted by Crippen LogP contribution is 2.06. The number of nitrogens with zero attached hydrogens (tertiary/aromatic N) is 4. The van der Waals surface area contributed by atoms with E-state index >= 15 is 0 Å². The van der Waals surface area contributed by atoms with E-state index in [1.54, 1.807) is 18.9 Å². The summed E-state index contributed by atoms with van der Waals surface area (Å²) in [5.41, 5.74) is 0. The summed E-state index contributed by atoms with van der Waals surface area (Å²) in [5, 5.41) is 0. The van der Waals surface area contributed by atoms with E-state index in [9.17, 15) is 0 Å². The zero-order valence-electron chi connectivity index (χ0n) is 9.27. The van der Waals surface area contributed by atoms with Crippen molar-refractivity contribution in [1.82, 2.24) is 19.1 Å². The SMILES string of the molecule is CCn1cnc(Br)c1.CCn1cncc1Br. The number of rotatable bonds is 2. The number of aryl methyl sites for hydroxylation is 2. The fraction of sp³-hybridized carbons (Fsp3) is 0.400. The van der Waals surface area contributed by atoms with Gasteiger partial charge in [0.2, 0.25) is 0 Å². The minimum Gasteiger partial charge on any atom is -0.337 e. The molecule has 2 rings (SSSR count). The lowest BCUT2D eigenvalue weighted by Gasteiger charge is -1.93. The first-order valence-corrected chi connectivity index (χ1v) is 6.58. The van der Waals surface area contributed by atoms with E-state index in [4.69, 9.17) is 0 Å². The molecule has 0 unspecified atom stereocenters. The second-order valence-corrected chi connectivity index (χ2v) is 4.65. The molecule has 0 radical (unpaired) electrons. The molecule has 0 aromatic carbocycles. The first-order valence-electron chi connectivity index (χ1n) is 5.00. The molecule has 0 fully saturated rings. The molecule has 0 spiro atoms. The fourth-order valence-corrected chi connectivity index (χ4v) is 1.86. The van der Waals surface area contributed by atoms with E-state index in [-0.39, 0.29) is 0 Å². The number of imidazole rings is 2. The van der Waals surface area contributed by atoms with Gasteiger partial charge in [-0.25, -0.2) is 9.97 Å². The molecule has 0 saturated carbocycles. The maximum Gasteiger partial charge on any atom is 0.124 e. The van der Waals surface area contributed by atoms with Crippen LogP contribution in [0.2, 0.25) is 0 Å². The molecule has 0 atom stereocenters. The van der Waals surface area contributed by atoms with Crippen molar-refractivity contribution in [2.24, 2.45) is 0 Å². The summed E-state index contributed by atoms with van der Waals surface area (Å²) in [7, 11) is 0. The van der Waals surface area contributed by atoms with Gasteiger partial charge in [0.05, 0.1) is 18.9 Å². The van der Waals surface area contributed by atoms with Gasteiger partial charge in [-0.1, -0.05) is 0 Å². The van der Waals surface area contributed by atoms with Gasteiger partial charge in [0.1, 0.15) is 9.21 Å². The van der Waals surface area contributed by atoms with Gasteiger partial charge < -0.3 is 9.13 Å². The van der Waals surface area contributed by atoms with Gasteiger partial charge in [0.15, 0.2) is 0 Å². The van der Waals surface area contributed by atoms with Crippen LogP contribution in [-0.4, -0.2) is 19.1 Å². The Hall–Kier alpha value is -0.620. The van der Waals surface area contributed by atoms with E-state index < -0.39 is 0 Å². The Morgan fingerprint density at radius 2 is 1.94 bits per heavy atom. The Morgan fingerprint density at radius 3 is 2.19 bits per heavy atom. The van der Waals surface area contributed by atoms with Crippen molar-refractivity contribution in [3.05, 3.63) is 34.3 Å². The van der Waals surface area contributed by atoms with Gasteiger partial charge in [0.25, 0.3) is 0 Å². The number of hydrogen-bond donors (Lipinski definition) is 0. The molecule has 0 bridgehead atoms. The first kappa shape index (κ1) is 13.4. The summed E-state index contributed by atoms with van der Waals surface area (Å²) < 4.78 is 5.96. The van der Waals surface area contributed by atoms with E-state index in [0.717, 1.165) is 22.3 Å². The number of aromatic nitrogens is 4. The van der Waals surface area contributed by atoms with Crippen molar-refractivity contribution in [1.29, 1.82) is 0 Å². The lowest BCUT2D eigenvalue weighted by Crippen LogP contribution is -1.89. The Kier molecular flexibility index (Phi) is 5.76. The average molecular weight is 350 g/mol. The van der Waals surface area contributed by atoms with Crippen LogP contribution in [0.3, 0.4) is 0 Å². The van der Waals surface area contributed by atoms with Gasteiger partial charge >= 0.3 is 0 Å². The van der Waals surface area contributed by atoms with E-state index in [1.807, 2.05) is 15.3 Å². The molecule has 0 aliphatic heterocycles. The predicted octanol–water partition coefficient (Wildman–Crippen LogP) is 3.33. The molecule has 2 heterocycles. The number of hydrogen-bond acceptors (Lipinski definition) is 2. The Bertz CT molecular complexity index is 422. The van der Waals surface area contributed by atoms with Crippen LogP contribution >= 0.6 is 31.9 Å². The summed E-state index contributed by atoms with van der Waals surface area (Å²) >= 11 is 6.57. The van der Waals surface area contributed by atoms with Crippen LogP contribution in [0.1, 0.15) is 13.8 Å². The van der Waals surface area contributed by atoms with Gasteiger partial charge in [0, 0.05) is 19.3 Å². The second kappa shape index (κ2) is 6.85. The quantitative estimate of drug-likeness (QED) is 0.833. The zero-order valence-corrected chi connectivity index (χ0v) is 12.4. The van der Waals surface area contributed by atoms with Crippen LogP contribution in [-0.2, 0) is 13.1 Å². The molecular weight excluding hydrogens is 336 g/mol. The normalized spacial score (nSPS) is 9.75. The van der Waals surface area contributed by atoms with E-state index in [1.165, 1.54) is 0 Å². The van der Waals surface area contributed by atoms with Gasteiger partial charge in [-0.2, -0.15) is 0 Å². The molecule has 4 nitrogen and oxygen atoms in total. The van der Waals surface area contributed by atoms with Crippen molar-refractivity contribution in [3.63, 3.8) is 0 Å². The van der Waals surface area contributed by atoms with Crippen molar-refractivity contribution in [3.8, 4) is 0 Å². The van der Waals surface area contributed by atoms with Crippen LogP contribution in [0.25, 0.3) is 0 Å². The first-order chi connectivity index (χ1) is 7.67. The molecule has 2 aromatic heterocycles. The molecule has 0 saturated heterocycles. The second-order valence-electron chi connectivity index (χ2n) is 3.03.